The lowest BCUT2D eigenvalue weighted by Gasteiger charge is -2.05. The third-order valence-electron chi connectivity index (χ3n) is 4.06. The fraction of sp³-hybridized carbons (Fsp3) is 0.0952. The summed E-state index contributed by atoms with van der Waals surface area (Å²) in [4.78, 5) is 12.2. The molecule has 6 heteroatoms. The Bertz CT molecular complexity index is 1050. The molecule has 0 atom stereocenters. The molecule has 0 bridgehead atoms. The maximum absolute atomic E-state index is 12.2. The molecule has 0 N–H and O–H groups in total. The Labute approximate surface area is 156 Å². The molecule has 0 radical (unpaired) electrons. The van der Waals surface area contributed by atoms with Crippen molar-refractivity contribution in [1.82, 2.24) is 14.8 Å². The molecular weight excluding hydrogens is 342 g/mol. The zero-order valence-corrected chi connectivity index (χ0v) is 14.7. The van der Waals surface area contributed by atoms with Crippen molar-refractivity contribution in [1.29, 1.82) is 0 Å². The van der Waals surface area contributed by atoms with Crippen LogP contribution in [-0.4, -0.2) is 20.7 Å². The van der Waals surface area contributed by atoms with Crippen LogP contribution in [0, 0.1) is 6.92 Å². The minimum absolute atomic E-state index is 0.0724. The summed E-state index contributed by atoms with van der Waals surface area (Å²) in [7, 11) is 0. The maximum Gasteiger partial charge on any atom is 0.338 e. The van der Waals surface area contributed by atoms with Gasteiger partial charge in [0.1, 0.15) is 0 Å². The first-order chi connectivity index (χ1) is 13.2. The molecule has 0 saturated carbocycles. The van der Waals surface area contributed by atoms with Gasteiger partial charge in [-0.15, -0.1) is 10.2 Å². The van der Waals surface area contributed by atoms with Crippen molar-refractivity contribution in [2.75, 3.05) is 0 Å². The topological polar surface area (TPSA) is 70.2 Å². The fourth-order valence-corrected chi connectivity index (χ4v) is 2.69. The van der Waals surface area contributed by atoms with Crippen LogP contribution in [0.2, 0.25) is 0 Å². The summed E-state index contributed by atoms with van der Waals surface area (Å²) < 4.78 is 12.8. The minimum atomic E-state index is -0.440. The summed E-state index contributed by atoms with van der Waals surface area (Å²) in [6, 6.07) is 18.8. The standard InChI is InChI=1S/C21H17N3O3/c1-15-5-4-6-17(13-15)20-23-22-19(27-20)14-26-21(25)16-7-9-18(10-8-16)24-11-2-3-12-24/h2-13H,14H2,1H3. The number of hydrogen-bond acceptors (Lipinski definition) is 5. The predicted molar refractivity (Wildman–Crippen MR) is 99.4 cm³/mol. The lowest BCUT2D eigenvalue weighted by Crippen LogP contribution is -2.05. The van der Waals surface area contributed by atoms with E-state index in [4.69, 9.17) is 9.15 Å². The van der Waals surface area contributed by atoms with Crippen molar-refractivity contribution >= 4 is 5.97 Å². The zero-order valence-electron chi connectivity index (χ0n) is 14.7. The number of benzene rings is 2. The van der Waals surface area contributed by atoms with Crippen molar-refractivity contribution in [3.63, 3.8) is 0 Å². The number of rotatable bonds is 5. The third-order valence-corrected chi connectivity index (χ3v) is 4.06. The highest BCUT2D eigenvalue weighted by atomic mass is 16.5. The lowest BCUT2D eigenvalue weighted by atomic mass is 10.1. The van der Waals surface area contributed by atoms with Gasteiger partial charge in [-0.05, 0) is 55.5 Å². The van der Waals surface area contributed by atoms with E-state index in [1.165, 1.54) is 0 Å². The van der Waals surface area contributed by atoms with Gasteiger partial charge < -0.3 is 13.7 Å². The average molecular weight is 359 g/mol. The van der Waals surface area contributed by atoms with Gasteiger partial charge in [0.25, 0.3) is 5.89 Å². The van der Waals surface area contributed by atoms with E-state index in [9.17, 15) is 4.79 Å². The molecule has 0 aliphatic carbocycles. The highest BCUT2D eigenvalue weighted by Gasteiger charge is 2.12. The monoisotopic (exact) mass is 359 g/mol. The predicted octanol–water partition coefficient (Wildman–Crippen LogP) is 4.19. The van der Waals surface area contributed by atoms with E-state index >= 15 is 0 Å². The molecule has 0 aliphatic rings. The highest BCUT2D eigenvalue weighted by molar-refractivity contribution is 5.89. The molecule has 0 amide bonds. The number of hydrogen-bond donors (Lipinski definition) is 0. The molecule has 2 aromatic carbocycles. The van der Waals surface area contributed by atoms with Crippen molar-refractivity contribution in [2.45, 2.75) is 13.5 Å². The summed E-state index contributed by atoms with van der Waals surface area (Å²) in [5.41, 5.74) is 3.36. The smallest absolute Gasteiger partial charge is 0.338 e. The van der Waals surface area contributed by atoms with Crippen LogP contribution in [0.15, 0.2) is 77.5 Å². The Hall–Kier alpha value is -3.67. The van der Waals surface area contributed by atoms with Crippen molar-refractivity contribution in [2.24, 2.45) is 0 Å². The molecule has 2 heterocycles. The Morgan fingerprint density at radius 1 is 1.04 bits per heavy atom. The summed E-state index contributed by atoms with van der Waals surface area (Å²) in [6.45, 7) is 1.92. The van der Waals surface area contributed by atoms with Crippen molar-refractivity contribution in [3.8, 4) is 17.1 Å². The Morgan fingerprint density at radius 2 is 1.81 bits per heavy atom. The number of nitrogens with zero attached hydrogens (tertiary/aromatic N) is 3. The van der Waals surface area contributed by atoms with Gasteiger partial charge in [-0.3, -0.25) is 0 Å². The van der Waals surface area contributed by atoms with Crippen LogP contribution in [0.4, 0.5) is 0 Å². The first-order valence-electron chi connectivity index (χ1n) is 8.49. The second-order valence-electron chi connectivity index (χ2n) is 6.08. The number of ether oxygens (including phenoxy) is 1. The van der Waals surface area contributed by atoms with Crippen molar-refractivity contribution in [3.05, 3.63) is 90.1 Å². The number of carbonyl (C=O) groups is 1. The SMILES string of the molecule is Cc1cccc(-c2nnc(COC(=O)c3ccc(-n4cccc4)cc3)o2)c1. The van der Waals surface area contributed by atoms with Gasteiger partial charge >= 0.3 is 5.97 Å². The summed E-state index contributed by atoms with van der Waals surface area (Å²) in [6.07, 6.45) is 3.88. The summed E-state index contributed by atoms with van der Waals surface area (Å²) >= 11 is 0. The minimum Gasteiger partial charge on any atom is -0.452 e. The second-order valence-corrected chi connectivity index (χ2v) is 6.08. The van der Waals surface area contributed by atoms with Gasteiger partial charge in [-0.1, -0.05) is 17.7 Å². The number of carbonyl (C=O) groups excluding carboxylic acids is 1. The highest BCUT2D eigenvalue weighted by Crippen LogP contribution is 2.19. The zero-order chi connectivity index (χ0) is 18.6. The van der Waals surface area contributed by atoms with E-state index < -0.39 is 5.97 Å². The molecule has 27 heavy (non-hydrogen) atoms. The maximum atomic E-state index is 12.2. The van der Waals surface area contributed by atoms with Crippen molar-refractivity contribution < 1.29 is 13.9 Å². The van der Waals surface area contributed by atoms with E-state index in [-0.39, 0.29) is 12.5 Å². The molecular formula is C21H17N3O3. The van der Waals surface area contributed by atoms with E-state index in [1.807, 2.05) is 72.4 Å². The van der Waals surface area contributed by atoms with E-state index in [0.717, 1.165) is 16.8 Å². The second kappa shape index (κ2) is 7.29. The van der Waals surface area contributed by atoms with Crippen LogP contribution in [0.1, 0.15) is 21.8 Å². The molecule has 0 unspecified atom stereocenters. The third kappa shape index (κ3) is 3.79. The molecule has 2 aromatic heterocycles. The Morgan fingerprint density at radius 3 is 2.56 bits per heavy atom. The molecule has 0 spiro atoms. The van der Waals surface area contributed by atoms with Crippen LogP contribution in [0.5, 0.6) is 0 Å². The van der Waals surface area contributed by atoms with Gasteiger partial charge in [0, 0.05) is 23.6 Å². The quantitative estimate of drug-likeness (QED) is 0.500. The van der Waals surface area contributed by atoms with Crippen LogP contribution in [-0.2, 0) is 11.3 Å². The normalized spacial score (nSPS) is 10.7. The van der Waals surface area contributed by atoms with E-state index in [0.29, 0.717) is 11.5 Å². The number of esters is 1. The summed E-state index contributed by atoms with van der Waals surface area (Å²) in [5, 5.41) is 7.95. The molecule has 0 fully saturated rings. The Kier molecular flexibility index (Phi) is 4.53. The van der Waals surface area contributed by atoms with Gasteiger partial charge in [-0.25, -0.2) is 4.79 Å². The van der Waals surface area contributed by atoms with E-state index in [2.05, 4.69) is 10.2 Å². The Balaban J connectivity index is 1.39. The molecule has 0 aliphatic heterocycles. The van der Waals surface area contributed by atoms with Gasteiger partial charge in [0.05, 0.1) is 5.56 Å². The van der Waals surface area contributed by atoms with Gasteiger partial charge in [0.2, 0.25) is 5.89 Å². The first kappa shape index (κ1) is 16.8. The van der Waals surface area contributed by atoms with Gasteiger partial charge in [-0.2, -0.15) is 0 Å². The molecule has 6 nitrogen and oxygen atoms in total. The van der Waals surface area contributed by atoms with Crippen LogP contribution < -0.4 is 0 Å². The molecule has 0 saturated heterocycles. The van der Waals surface area contributed by atoms with Gasteiger partial charge in [0.15, 0.2) is 6.61 Å². The summed E-state index contributed by atoms with van der Waals surface area (Å²) in [5.74, 6) is 0.217. The lowest BCUT2D eigenvalue weighted by molar-refractivity contribution is 0.0438. The van der Waals surface area contributed by atoms with Crippen LogP contribution in [0.3, 0.4) is 0 Å². The van der Waals surface area contributed by atoms with Crippen LogP contribution >= 0.6 is 0 Å². The molecule has 4 aromatic rings. The first-order valence-corrected chi connectivity index (χ1v) is 8.49. The molecule has 134 valence electrons. The van der Waals surface area contributed by atoms with E-state index in [1.54, 1.807) is 12.1 Å². The van der Waals surface area contributed by atoms with Crippen LogP contribution in [0.25, 0.3) is 17.1 Å². The fourth-order valence-electron chi connectivity index (χ4n) is 2.69. The number of aryl methyl sites for hydroxylation is 1. The number of aromatic nitrogens is 3. The molecule has 4 rings (SSSR count). The average Bonchev–Trinajstić information content (AvgIpc) is 3.38. The largest absolute Gasteiger partial charge is 0.452 e.